The first-order valence-corrected chi connectivity index (χ1v) is 8.57. The Hall–Kier alpha value is -3.45. The summed E-state index contributed by atoms with van der Waals surface area (Å²) < 4.78 is 29.7. The largest absolute Gasteiger partial charge is 0.387 e. The van der Waals surface area contributed by atoms with Crippen LogP contribution in [0, 0.1) is 12.7 Å². The van der Waals surface area contributed by atoms with Crippen molar-refractivity contribution < 1.29 is 23.0 Å². The Labute approximate surface area is 163 Å². The first kappa shape index (κ1) is 17.9. The van der Waals surface area contributed by atoms with Gasteiger partial charge in [0.15, 0.2) is 0 Å². The second-order valence-corrected chi connectivity index (χ2v) is 6.25. The lowest BCUT2D eigenvalue weighted by atomic mass is 10.1. The number of hydrogen-bond donors (Lipinski definition) is 0. The molecule has 0 aliphatic carbocycles. The van der Waals surface area contributed by atoms with E-state index in [1.807, 2.05) is 30.3 Å². The molecule has 0 amide bonds. The van der Waals surface area contributed by atoms with E-state index in [1.54, 1.807) is 0 Å². The molecule has 0 saturated heterocycles. The summed E-state index contributed by atoms with van der Waals surface area (Å²) in [5.41, 5.74) is 1.16. The van der Waals surface area contributed by atoms with Gasteiger partial charge in [0, 0.05) is 5.56 Å². The quantitative estimate of drug-likeness (QED) is 0.433. The molecule has 0 N–H and O–H groups in total. The van der Waals surface area contributed by atoms with Crippen molar-refractivity contribution in [2.45, 2.75) is 6.92 Å². The summed E-state index contributed by atoms with van der Waals surface area (Å²) in [4.78, 5) is 12.7. The number of benzene rings is 2. The normalized spacial score (nSPS) is 10.8. The minimum Gasteiger partial charge on any atom is -0.387 e. The van der Waals surface area contributed by atoms with Gasteiger partial charge in [0.05, 0.1) is 16.7 Å². The molecular formula is C20H12ClFN2O4. The minimum atomic E-state index is -0.830. The van der Waals surface area contributed by atoms with Crippen LogP contribution in [-0.2, 0) is 0 Å². The zero-order valence-electron chi connectivity index (χ0n) is 14.5. The van der Waals surface area contributed by atoms with E-state index in [4.69, 9.17) is 25.4 Å². The highest BCUT2D eigenvalue weighted by molar-refractivity contribution is 6.33. The summed E-state index contributed by atoms with van der Waals surface area (Å²) in [6.45, 7) is 1.51. The van der Waals surface area contributed by atoms with E-state index in [-0.39, 0.29) is 33.6 Å². The highest BCUT2D eigenvalue weighted by Gasteiger charge is 2.27. The van der Waals surface area contributed by atoms with Crippen molar-refractivity contribution >= 4 is 17.6 Å². The van der Waals surface area contributed by atoms with Gasteiger partial charge in [-0.25, -0.2) is 9.18 Å². The third-order valence-corrected chi connectivity index (χ3v) is 4.33. The molecule has 28 heavy (non-hydrogen) atoms. The fraction of sp³-hybridized carbons (Fsp3) is 0.0500. The van der Waals surface area contributed by atoms with Gasteiger partial charge in [0.2, 0.25) is 0 Å². The second-order valence-electron chi connectivity index (χ2n) is 5.85. The summed E-state index contributed by atoms with van der Waals surface area (Å²) in [6.07, 6.45) is 0. The van der Waals surface area contributed by atoms with Gasteiger partial charge in [-0.05, 0) is 19.1 Å². The third-order valence-electron chi connectivity index (χ3n) is 4.02. The zero-order valence-corrected chi connectivity index (χ0v) is 15.2. The van der Waals surface area contributed by atoms with Crippen LogP contribution >= 0.6 is 11.6 Å². The highest BCUT2D eigenvalue weighted by Crippen LogP contribution is 2.34. The van der Waals surface area contributed by atoms with Gasteiger partial charge < -0.3 is 13.8 Å². The summed E-state index contributed by atoms with van der Waals surface area (Å²) in [7, 11) is 0. The fourth-order valence-electron chi connectivity index (χ4n) is 2.70. The summed E-state index contributed by atoms with van der Waals surface area (Å²) >= 11 is 6.08. The van der Waals surface area contributed by atoms with Crippen molar-refractivity contribution in [2.24, 2.45) is 0 Å². The van der Waals surface area contributed by atoms with Gasteiger partial charge in [-0.3, -0.25) is 0 Å². The van der Waals surface area contributed by atoms with Crippen LogP contribution < -0.4 is 4.74 Å². The molecule has 0 radical (unpaired) electrons. The van der Waals surface area contributed by atoms with Crippen LogP contribution in [0.15, 0.2) is 63.6 Å². The smallest absolute Gasteiger partial charge is 0.351 e. The molecular weight excluding hydrogens is 387 g/mol. The second kappa shape index (κ2) is 7.28. The zero-order chi connectivity index (χ0) is 19.7. The van der Waals surface area contributed by atoms with Gasteiger partial charge in [-0.1, -0.05) is 58.3 Å². The number of carbonyl (C=O) groups is 1. The van der Waals surface area contributed by atoms with Crippen molar-refractivity contribution in [1.29, 1.82) is 0 Å². The Morgan fingerprint density at radius 3 is 2.61 bits per heavy atom. The number of hydrogen-bond acceptors (Lipinski definition) is 6. The van der Waals surface area contributed by atoms with E-state index < -0.39 is 11.8 Å². The van der Waals surface area contributed by atoms with Crippen LogP contribution in [0.2, 0.25) is 5.02 Å². The Morgan fingerprint density at radius 1 is 1.07 bits per heavy atom. The molecule has 0 unspecified atom stereocenters. The lowest BCUT2D eigenvalue weighted by Gasteiger charge is -2.04. The number of aromatic nitrogens is 2. The number of rotatable bonds is 4. The van der Waals surface area contributed by atoms with Crippen molar-refractivity contribution in [3.05, 3.63) is 76.8 Å². The van der Waals surface area contributed by atoms with E-state index in [0.717, 1.165) is 5.56 Å². The number of halogens is 2. The van der Waals surface area contributed by atoms with Crippen LogP contribution in [0.25, 0.3) is 22.5 Å². The number of ether oxygens (including phenoxy) is 1. The molecule has 0 saturated carbocycles. The van der Waals surface area contributed by atoms with Gasteiger partial charge in [-0.15, -0.1) is 0 Å². The van der Waals surface area contributed by atoms with Crippen molar-refractivity contribution in [2.75, 3.05) is 0 Å². The van der Waals surface area contributed by atoms with Crippen molar-refractivity contribution in [1.82, 2.24) is 10.3 Å². The molecule has 2 aromatic carbocycles. The first-order chi connectivity index (χ1) is 13.5. The average molecular weight is 399 g/mol. The molecule has 0 atom stereocenters. The molecule has 0 spiro atoms. The van der Waals surface area contributed by atoms with Gasteiger partial charge in [0.25, 0.3) is 0 Å². The summed E-state index contributed by atoms with van der Waals surface area (Å²) in [6, 6.07) is 14.9. The molecule has 0 aliphatic heterocycles. The Kier molecular flexibility index (Phi) is 4.67. The molecule has 2 aromatic heterocycles. The standard InChI is InChI=1S/C20H12ClFN2O4/c1-11-17(19(24-27-11)18-13(21)8-5-9-14(18)22)20(25)26-16-10-15(23-28-16)12-6-3-2-4-7-12/h2-10H,1H3. The Morgan fingerprint density at radius 2 is 1.86 bits per heavy atom. The van der Waals surface area contributed by atoms with Gasteiger partial charge in [-0.2, -0.15) is 0 Å². The maximum Gasteiger partial charge on any atom is 0.351 e. The summed E-state index contributed by atoms with van der Waals surface area (Å²) in [5.74, 6) is -1.43. The van der Waals surface area contributed by atoms with E-state index in [2.05, 4.69) is 10.3 Å². The number of carbonyl (C=O) groups excluding carboxylic acids is 1. The molecule has 140 valence electrons. The SMILES string of the molecule is Cc1onc(-c2c(F)cccc2Cl)c1C(=O)Oc1cc(-c2ccccc2)no1. The molecule has 4 rings (SSSR count). The van der Waals surface area contributed by atoms with E-state index in [0.29, 0.717) is 5.69 Å². The third kappa shape index (κ3) is 3.27. The van der Waals surface area contributed by atoms with E-state index in [1.165, 1.54) is 31.2 Å². The maximum atomic E-state index is 14.3. The van der Waals surface area contributed by atoms with E-state index in [9.17, 15) is 9.18 Å². The fourth-order valence-corrected chi connectivity index (χ4v) is 2.95. The molecule has 2 heterocycles. The Bertz CT molecular complexity index is 1130. The van der Waals surface area contributed by atoms with E-state index >= 15 is 0 Å². The van der Waals surface area contributed by atoms with Crippen LogP contribution in [0.5, 0.6) is 5.95 Å². The molecule has 0 bridgehead atoms. The average Bonchev–Trinajstić information content (AvgIpc) is 3.29. The van der Waals surface area contributed by atoms with Crippen LogP contribution in [0.1, 0.15) is 16.1 Å². The molecule has 4 aromatic rings. The first-order valence-electron chi connectivity index (χ1n) is 8.19. The van der Waals surface area contributed by atoms with Crippen molar-refractivity contribution in [3.8, 4) is 28.5 Å². The molecule has 0 aliphatic rings. The highest BCUT2D eigenvalue weighted by atomic mass is 35.5. The molecule has 8 heteroatoms. The number of aryl methyl sites for hydroxylation is 1. The van der Waals surface area contributed by atoms with Crippen LogP contribution in [0.4, 0.5) is 4.39 Å². The predicted molar refractivity (Wildman–Crippen MR) is 98.5 cm³/mol. The topological polar surface area (TPSA) is 78.4 Å². The minimum absolute atomic E-state index is 0.0458. The number of nitrogens with zero attached hydrogens (tertiary/aromatic N) is 2. The lowest BCUT2D eigenvalue weighted by Crippen LogP contribution is -2.10. The lowest BCUT2D eigenvalue weighted by molar-refractivity contribution is 0.0679. The van der Waals surface area contributed by atoms with Crippen LogP contribution in [0.3, 0.4) is 0 Å². The van der Waals surface area contributed by atoms with Gasteiger partial charge in [0.1, 0.15) is 28.5 Å². The predicted octanol–water partition coefficient (Wildman–Crippen LogP) is 5.32. The van der Waals surface area contributed by atoms with Crippen LogP contribution in [-0.4, -0.2) is 16.3 Å². The summed E-state index contributed by atoms with van der Waals surface area (Å²) in [5, 5.41) is 7.75. The van der Waals surface area contributed by atoms with Crippen molar-refractivity contribution in [3.63, 3.8) is 0 Å². The number of esters is 1. The monoisotopic (exact) mass is 398 g/mol. The Balaban J connectivity index is 1.65. The van der Waals surface area contributed by atoms with Gasteiger partial charge >= 0.3 is 11.9 Å². The molecule has 0 fully saturated rings. The molecule has 6 nitrogen and oxygen atoms in total. The maximum absolute atomic E-state index is 14.3.